The lowest BCUT2D eigenvalue weighted by Crippen LogP contribution is -1.84. The van der Waals surface area contributed by atoms with Gasteiger partial charge in [-0.15, -0.1) is 16.8 Å². The Balaban J connectivity index is 1.86. The molecule has 17 heavy (non-hydrogen) atoms. The van der Waals surface area contributed by atoms with Crippen molar-refractivity contribution in [3.8, 4) is 0 Å². The molecular formula is C15H28P2. The number of hydrogen-bond donors (Lipinski definition) is 0. The Kier molecular flexibility index (Phi) is 9.13. The minimum atomic E-state index is 0.105. The second kappa shape index (κ2) is 10.2. The zero-order chi connectivity index (χ0) is 12.3. The molecule has 0 amide bonds. The average Bonchev–Trinajstić information content (AvgIpc) is 2.73. The van der Waals surface area contributed by atoms with Crippen molar-refractivity contribution < 1.29 is 0 Å². The van der Waals surface area contributed by atoms with Crippen LogP contribution in [0.3, 0.4) is 0 Å². The van der Waals surface area contributed by atoms with E-state index in [0.717, 1.165) is 0 Å². The summed E-state index contributed by atoms with van der Waals surface area (Å²) in [5.41, 5.74) is 0. The van der Waals surface area contributed by atoms with Crippen molar-refractivity contribution in [3.05, 3.63) is 17.9 Å². The number of unbranched alkanes of at least 4 members (excludes halogenated alkanes) is 8. The van der Waals surface area contributed by atoms with E-state index >= 15 is 0 Å². The summed E-state index contributed by atoms with van der Waals surface area (Å²) in [6.45, 7) is 2.29. The molecule has 1 aromatic heterocycles. The highest BCUT2D eigenvalue weighted by molar-refractivity contribution is 7.63. The van der Waals surface area contributed by atoms with Gasteiger partial charge in [-0.1, -0.05) is 70.4 Å². The molecule has 2 heteroatoms. The molecule has 1 rings (SSSR count). The maximum absolute atomic E-state index is 2.90. The first kappa shape index (κ1) is 15.3. The highest BCUT2D eigenvalue weighted by Gasteiger charge is 1.97. The van der Waals surface area contributed by atoms with E-state index in [1.807, 2.05) is 0 Å². The third-order valence-corrected chi connectivity index (χ3v) is 6.70. The van der Waals surface area contributed by atoms with Crippen LogP contribution >= 0.6 is 16.8 Å². The summed E-state index contributed by atoms with van der Waals surface area (Å²) in [6.07, 6.45) is 14.4. The van der Waals surface area contributed by atoms with Gasteiger partial charge in [0.1, 0.15) is 0 Å². The van der Waals surface area contributed by atoms with Crippen LogP contribution in [0.15, 0.2) is 17.9 Å². The molecule has 0 saturated carbocycles. The maximum atomic E-state index is 2.90. The largest absolute Gasteiger partial charge is 0.118 e. The van der Waals surface area contributed by atoms with Crippen LogP contribution in [0.1, 0.15) is 64.7 Å². The smallest absolute Gasteiger partial charge is 0.0110 e. The van der Waals surface area contributed by atoms with Gasteiger partial charge >= 0.3 is 0 Å². The van der Waals surface area contributed by atoms with Crippen LogP contribution in [-0.2, 0) is 6.16 Å². The molecule has 2 atom stereocenters. The lowest BCUT2D eigenvalue weighted by Gasteiger charge is -2.03. The van der Waals surface area contributed by atoms with Crippen LogP contribution in [0.5, 0.6) is 0 Å². The lowest BCUT2D eigenvalue weighted by molar-refractivity contribution is 0.570. The molecule has 0 aliphatic rings. The SMILES string of the molecule is CCCCCCCCCCCp1cccc1P. The predicted octanol–water partition coefficient (Wildman–Crippen LogP) is 5.70. The van der Waals surface area contributed by atoms with Crippen molar-refractivity contribution >= 4 is 21.8 Å². The van der Waals surface area contributed by atoms with Crippen molar-refractivity contribution in [2.24, 2.45) is 0 Å². The van der Waals surface area contributed by atoms with Crippen LogP contribution in [0.25, 0.3) is 0 Å². The van der Waals surface area contributed by atoms with Crippen molar-refractivity contribution in [2.75, 3.05) is 0 Å². The molecule has 0 spiro atoms. The van der Waals surface area contributed by atoms with Crippen LogP contribution in [0.2, 0.25) is 0 Å². The molecule has 0 bridgehead atoms. The molecule has 0 N–H and O–H groups in total. The molecule has 0 aromatic carbocycles. The molecule has 1 heterocycles. The van der Waals surface area contributed by atoms with Gasteiger partial charge in [0.2, 0.25) is 0 Å². The van der Waals surface area contributed by atoms with E-state index in [1.54, 1.807) is 5.04 Å². The van der Waals surface area contributed by atoms with Gasteiger partial charge < -0.3 is 0 Å². The predicted molar refractivity (Wildman–Crippen MR) is 85.7 cm³/mol. The molecule has 0 fully saturated rings. The zero-order valence-corrected chi connectivity index (χ0v) is 13.4. The Morgan fingerprint density at radius 1 is 0.941 bits per heavy atom. The van der Waals surface area contributed by atoms with E-state index < -0.39 is 0 Å². The molecule has 0 aliphatic carbocycles. The third kappa shape index (κ3) is 7.28. The van der Waals surface area contributed by atoms with Gasteiger partial charge in [0.25, 0.3) is 0 Å². The van der Waals surface area contributed by atoms with E-state index in [0.29, 0.717) is 0 Å². The first-order valence-corrected chi connectivity index (χ1v) is 9.42. The molecule has 98 valence electrons. The molecule has 1 aromatic rings. The quantitative estimate of drug-likeness (QED) is 0.377. The van der Waals surface area contributed by atoms with Gasteiger partial charge in [0.15, 0.2) is 0 Å². The summed E-state index contributed by atoms with van der Waals surface area (Å²) in [6, 6.07) is 4.48. The van der Waals surface area contributed by atoms with E-state index in [2.05, 4.69) is 34.1 Å². The summed E-state index contributed by atoms with van der Waals surface area (Å²) in [7, 11) is 3.00. The normalized spacial score (nSPS) is 12.0. The summed E-state index contributed by atoms with van der Waals surface area (Å²) < 4.78 is 0. The molecule has 0 aliphatic heterocycles. The topological polar surface area (TPSA) is 0 Å². The highest BCUT2D eigenvalue weighted by Crippen LogP contribution is 2.29. The van der Waals surface area contributed by atoms with E-state index in [4.69, 9.17) is 0 Å². The Morgan fingerprint density at radius 2 is 1.53 bits per heavy atom. The lowest BCUT2D eigenvalue weighted by atomic mass is 10.1. The minimum absolute atomic E-state index is 0.105. The maximum Gasteiger partial charge on any atom is -0.0110 e. The van der Waals surface area contributed by atoms with Crippen molar-refractivity contribution in [2.45, 2.75) is 70.9 Å². The van der Waals surface area contributed by atoms with E-state index in [-0.39, 0.29) is 7.53 Å². The van der Waals surface area contributed by atoms with Gasteiger partial charge in [0.05, 0.1) is 0 Å². The van der Waals surface area contributed by atoms with E-state index in [1.165, 1.54) is 63.9 Å². The first-order valence-electron chi connectivity index (χ1n) is 7.25. The molecule has 0 nitrogen and oxygen atoms in total. The van der Waals surface area contributed by atoms with Gasteiger partial charge in [-0.3, -0.25) is 0 Å². The second-order valence-corrected chi connectivity index (χ2v) is 8.26. The standard InChI is InChI=1S/C15H28P2/c1-2-3-4-5-6-7-8-9-10-13-17-14-11-12-15(17)16/h11-12,14H,2-10,13,16H2,1H3. The van der Waals surface area contributed by atoms with Crippen LogP contribution in [0.4, 0.5) is 0 Å². The van der Waals surface area contributed by atoms with Crippen molar-refractivity contribution in [1.29, 1.82) is 0 Å². The van der Waals surface area contributed by atoms with Crippen LogP contribution in [0, 0.1) is 0 Å². The number of aryl methyl sites for hydroxylation is 1. The molecule has 2 unspecified atom stereocenters. The second-order valence-electron chi connectivity index (χ2n) is 4.95. The molecule has 0 saturated heterocycles. The van der Waals surface area contributed by atoms with Gasteiger partial charge in [0, 0.05) is 0 Å². The van der Waals surface area contributed by atoms with Crippen LogP contribution in [-0.4, -0.2) is 0 Å². The monoisotopic (exact) mass is 270 g/mol. The summed E-state index contributed by atoms with van der Waals surface area (Å²) in [4.78, 5) is 0. The number of rotatable bonds is 10. The van der Waals surface area contributed by atoms with E-state index in [9.17, 15) is 0 Å². The van der Waals surface area contributed by atoms with Gasteiger partial charge in [-0.2, -0.15) is 0 Å². The van der Waals surface area contributed by atoms with Crippen molar-refractivity contribution in [1.82, 2.24) is 0 Å². The molecular weight excluding hydrogens is 242 g/mol. The highest BCUT2D eigenvalue weighted by atomic mass is 31.1. The zero-order valence-electron chi connectivity index (χ0n) is 11.3. The van der Waals surface area contributed by atoms with Crippen molar-refractivity contribution in [3.63, 3.8) is 0 Å². The Hall–Kier alpha value is 0.210. The summed E-state index contributed by atoms with van der Waals surface area (Å²) in [5.74, 6) is 2.41. The fourth-order valence-corrected chi connectivity index (χ4v) is 4.70. The Labute approximate surface area is 111 Å². The van der Waals surface area contributed by atoms with Crippen LogP contribution < -0.4 is 5.04 Å². The fraction of sp³-hybridized carbons (Fsp3) is 0.733. The van der Waals surface area contributed by atoms with Gasteiger partial charge in [-0.05, 0) is 23.4 Å². The van der Waals surface area contributed by atoms with Gasteiger partial charge in [-0.25, -0.2) is 0 Å². The Morgan fingerprint density at radius 3 is 2.06 bits per heavy atom. The third-order valence-electron chi connectivity index (χ3n) is 3.37. The summed E-state index contributed by atoms with van der Waals surface area (Å²) >= 11 is 0. The summed E-state index contributed by atoms with van der Waals surface area (Å²) in [5, 5.41) is 1.54. The molecule has 0 radical (unpaired) electrons. The Bertz CT molecular complexity index is 278. The average molecular weight is 270 g/mol. The fourth-order valence-electron chi connectivity index (χ4n) is 2.22. The minimum Gasteiger partial charge on any atom is -0.118 e. The number of hydrogen-bond acceptors (Lipinski definition) is 0. The first-order chi connectivity index (χ1) is 8.34.